The number of phenolic OH excluding ortho intramolecular Hbond substituents is 1. The number of hydrogen-bond donors (Lipinski definition) is 3. The van der Waals surface area contributed by atoms with Gasteiger partial charge in [0.05, 0.1) is 12.0 Å². The highest BCUT2D eigenvalue weighted by atomic mass is 19.4. The number of rotatable bonds is 3. The standard InChI is InChI=1S/C10H10F3NO3/c11-10(12,13)7-3-5(15)1-2-6(7)8(14)4-9(16)17/h1-3,8,15H,4,14H2,(H,16,17). The number of phenols is 1. The molecule has 0 saturated carbocycles. The SMILES string of the molecule is NC(CC(=O)O)c1ccc(O)cc1C(F)(F)F. The van der Waals surface area contributed by atoms with Crippen molar-refractivity contribution < 1.29 is 28.2 Å². The molecule has 0 aliphatic carbocycles. The van der Waals surface area contributed by atoms with Gasteiger partial charge in [-0.25, -0.2) is 0 Å². The van der Waals surface area contributed by atoms with E-state index >= 15 is 0 Å². The summed E-state index contributed by atoms with van der Waals surface area (Å²) >= 11 is 0. The number of carboxylic acids is 1. The Hall–Kier alpha value is -1.76. The number of halogens is 3. The minimum absolute atomic E-state index is 0.349. The monoisotopic (exact) mass is 249 g/mol. The van der Waals surface area contributed by atoms with Crippen molar-refractivity contribution in [2.45, 2.75) is 18.6 Å². The van der Waals surface area contributed by atoms with E-state index in [4.69, 9.17) is 15.9 Å². The topological polar surface area (TPSA) is 83.6 Å². The van der Waals surface area contributed by atoms with E-state index in [1.165, 1.54) is 0 Å². The van der Waals surface area contributed by atoms with Crippen LogP contribution in [0.1, 0.15) is 23.6 Å². The number of aliphatic carboxylic acids is 1. The maximum absolute atomic E-state index is 12.6. The van der Waals surface area contributed by atoms with Crippen molar-refractivity contribution in [3.63, 3.8) is 0 Å². The van der Waals surface area contributed by atoms with Crippen molar-refractivity contribution in [3.05, 3.63) is 29.3 Å². The molecule has 1 aromatic carbocycles. The van der Waals surface area contributed by atoms with Crippen LogP contribution in [0.5, 0.6) is 5.75 Å². The molecule has 94 valence electrons. The summed E-state index contributed by atoms with van der Waals surface area (Å²) in [6.45, 7) is 0. The van der Waals surface area contributed by atoms with Gasteiger partial charge < -0.3 is 15.9 Å². The number of nitrogens with two attached hydrogens (primary N) is 1. The fourth-order valence-electron chi connectivity index (χ4n) is 1.41. The summed E-state index contributed by atoms with van der Waals surface area (Å²) in [5.41, 5.74) is 3.91. The molecule has 0 aliphatic rings. The minimum Gasteiger partial charge on any atom is -0.508 e. The van der Waals surface area contributed by atoms with Gasteiger partial charge in [0.15, 0.2) is 0 Å². The number of carboxylic acid groups (broad SMARTS) is 1. The maximum atomic E-state index is 12.6. The third kappa shape index (κ3) is 3.35. The Labute approximate surface area is 94.5 Å². The van der Waals surface area contributed by atoms with Gasteiger partial charge in [0.25, 0.3) is 0 Å². The lowest BCUT2D eigenvalue weighted by molar-refractivity contribution is -0.140. The molecule has 0 amide bonds. The van der Waals surface area contributed by atoms with E-state index in [-0.39, 0.29) is 5.56 Å². The Morgan fingerprint density at radius 2 is 2.00 bits per heavy atom. The van der Waals surface area contributed by atoms with E-state index in [0.29, 0.717) is 6.07 Å². The summed E-state index contributed by atoms with van der Waals surface area (Å²) in [5.74, 6) is -1.85. The van der Waals surface area contributed by atoms with Crippen LogP contribution in [-0.4, -0.2) is 16.2 Å². The second-order valence-electron chi connectivity index (χ2n) is 3.47. The summed E-state index contributed by atoms with van der Waals surface area (Å²) in [4.78, 5) is 10.4. The lowest BCUT2D eigenvalue weighted by atomic mass is 9.98. The summed E-state index contributed by atoms with van der Waals surface area (Å²) in [6.07, 6.45) is -5.31. The first-order valence-corrected chi connectivity index (χ1v) is 4.59. The van der Waals surface area contributed by atoms with Gasteiger partial charge in [0.1, 0.15) is 5.75 Å². The third-order valence-corrected chi connectivity index (χ3v) is 2.14. The normalized spacial score (nSPS) is 13.4. The van der Waals surface area contributed by atoms with E-state index in [1.807, 2.05) is 0 Å². The van der Waals surface area contributed by atoms with Gasteiger partial charge in [-0.1, -0.05) is 6.07 Å². The molecule has 1 atom stereocenters. The van der Waals surface area contributed by atoms with Gasteiger partial charge in [-0.3, -0.25) is 4.79 Å². The smallest absolute Gasteiger partial charge is 0.416 e. The Morgan fingerprint density at radius 3 is 2.47 bits per heavy atom. The van der Waals surface area contributed by atoms with E-state index in [2.05, 4.69) is 0 Å². The van der Waals surface area contributed by atoms with Crippen LogP contribution in [0.25, 0.3) is 0 Å². The molecule has 1 unspecified atom stereocenters. The zero-order chi connectivity index (χ0) is 13.2. The molecule has 0 bridgehead atoms. The van der Waals surface area contributed by atoms with Crippen LogP contribution in [-0.2, 0) is 11.0 Å². The number of hydrogen-bond acceptors (Lipinski definition) is 3. The van der Waals surface area contributed by atoms with Crippen molar-refractivity contribution in [2.75, 3.05) is 0 Å². The molecule has 0 saturated heterocycles. The summed E-state index contributed by atoms with van der Waals surface area (Å²) in [6, 6.07) is 1.26. The molecule has 0 heterocycles. The second kappa shape index (κ2) is 4.62. The van der Waals surface area contributed by atoms with E-state index in [9.17, 15) is 18.0 Å². The Balaban J connectivity index is 3.19. The number of aromatic hydroxyl groups is 1. The number of carbonyl (C=O) groups is 1. The Morgan fingerprint density at radius 1 is 1.41 bits per heavy atom. The molecule has 17 heavy (non-hydrogen) atoms. The van der Waals surface area contributed by atoms with Gasteiger partial charge >= 0.3 is 12.1 Å². The predicted octanol–water partition coefficient (Wildman–Crippen LogP) is 1.89. The van der Waals surface area contributed by atoms with Crippen LogP contribution in [0.3, 0.4) is 0 Å². The highest BCUT2D eigenvalue weighted by molar-refractivity contribution is 5.68. The molecule has 4 nitrogen and oxygen atoms in total. The zero-order valence-corrected chi connectivity index (χ0v) is 8.53. The molecular weight excluding hydrogens is 239 g/mol. The Bertz CT molecular complexity index is 431. The molecule has 1 aromatic rings. The number of alkyl halides is 3. The summed E-state index contributed by atoms with van der Waals surface area (Å²) in [5, 5.41) is 17.5. The zero-order valence-electron chi connectivity index (χ0n) is 8.53. The van der Waals surface area contributed by atoms with E-state index in [0.717, 1.165) is 12.1 Å². The van der Waals surface area contributed by atoms with Crippen LogP contribution < -0.4 is 5.73 Å². The molecule has 1 rings (SSSR count). The summed E-state index contributed by atoms with van der Waals surface area (Å²) < 4.78 is 37.8. The molecule has 0 fully saturated rings. The highest BCUT2D eigenvalue weighted by Crippen LogP contribution is 2.36. The average molecular weight is 249 g/mol. The van der Waals surface area contributed by atoms with Crippen LogP contribution in [0, 0.1) is 0 Å². The molecule has 0 aliphatic heterocycles. The summed E-state index contributed by atoms with van der Waals surface area (Å²) in [7, 11) is 0. The third-order valence-electron chi connectivity index (χ3n) is 2.14. The lowest BCUT2D eigenvalue weighted by Crippen LogP contribution is -2.20. The second-order valence-corrected chi connectivity index (χ2v) is 3.47. The van der Waals surface area contributed by atoms with Crippen LogP contribution in [0.15, 0.2) is 18.2 Å². The molecular formula is C10H10F3NO3. The highest BCUT2D eigenvalue weighted by Gasteiger charge is 2.35. The first-order chi connectivity index (χ1) is 7.71. The first-order valence-electron chi connectivity index (χ1n) is 4.59. The quantitative estimate of drug-likeness (QED) is 0.763. The van der Waals surface area contributed by atoms with Gasteiger partial charge in [-0.05, 0) is 17.7 Å². The number of benzene rings is 1. The van der Waals surface area contributed by atoms with Crippen LogP contribution >= 0.6 is 0 Å². The molecule has 0 radical (unpaired) electrons. The van der Waals surface area contributed by atoms with Gasteiger partial charge in [-0.15, -0.1) is 0 Å². The van der Waals surface area contributed by atoms with E-state index < -0.39 is 35.9 Å². The predicted molar refractivity (Wildman–Crippen MR) is 52.3 cm³/mol. The van der Waals surface area contributed by atoms with Crippen LogP contribution in [0.2, 0.25) is 0 Å². The minimum atomic E-state index is -4.69. The van der Waals surface area contributed by atoms with Crippen molar-refractivity contribution >= 4 is 5.97 Å². The molecule has 4 N–H and O–H groups in total. The van der Waals surface area contributed by atoms with Crippen molar-refractivity contribution in [1.82, 2.24) is 0 Å². The average Bonchev–Trinajstić information content (AvgIpc) is 2.14. The molecule has 0 aromatic heterocycles. The largest absolute Gasteiger partial charge is 0.508 e. The van der Waals surface area contributed by atoms with Crippen LogP contribution in [0.4, 0.5) is 13.2 Å². The lowest BCUT2D eigenvalue weighted by Gasteiger charge is -2.17. The fraction of sp³-hybridized carbons (Fsp3) is 0.300. The van der Waals surface area contributed by atoms with Gasteiger partial charge in [0, 0.05) is 6.04 Å². The fourth-order valence-corrected chi connectivity index (χ4v) is 1.41. The van der Waals surface area contributed by atoms with E-state index in [1.54, 1.807) is 0 Å². The van der Waals surface area contributed by atoms with Crippen molar-refractivity contribution in [1.29, 1.82) is 0 Å². The van der Waals surface area contributed by atoms with Gasteiger partial charge in [0.2, 0.25) is 0 Å². The van der Waals surface area contributed by atoms with Gasteiger partial charge in [-0.2, -0.15) is 13.2 Å². The Kier molecular flexibility index (Phi) is 3.62. The molecule has 7 heteroatoms. The maximum Gasteiger partial charge on any atom is 0.416 e. The molecule has 0 spiro atoms. The van der Waals surface area contributed by atoms with Crippen molar-refractivity contribution in [3.8, 4) is 5.75 Å². The van der Waals surface area contributed by atoms with Crippen molar-refractivity contribution in [2.24, 2.45) is 5.73 Å². The first kappa shape index (κ1) is 13.3.